The molecule has 0 aliphatic rings. The molecule has 10 heavy (non-hydrogen) atoms. The zero-order valence-corrected chi connectivity index (χ0v) is 8.32. The fourth-order valence-corrected chi connectivity index (χ4v) is 1.16. The third kappa shape index (κ3) is 6.09. The first-order valence-electron chi connectivity index (χ1n) is 3.79. The minimum absolute atomic E-state index is 1.18. The van der Waals surface area contributed by atoms with Crippen molar-refractivity contribution in [3.8, 4) is 0 Å². The van der Waals surface area contributed by atoms with E-state index in [1.165, 1.54) is 23.7 Å². The van der Waals surface area contributed by atoms with E-state index in [4.69, 9.17) is 0 Å². The predicted molar refractivity (Wildman–Crippen MR) is 51.3 cm³/mol. The van der Waals surface area contributed by atoms with E-state index >= 15 is 0 Å². The number of rotatable bonds is 4. The lowest BCUT2D eigenvalue weighted by atomic mass is 10.2. The second kappa shape index (κ2) is 7.07. The molecule has 0 unspecified atom stereocenters. The van der Waals surface area contributed by atoms with Crippen LogP contribution in [-0.2, 0) is 0 Å². The summed E-state index contributed by atoms with van der Waals surface area (Å²) < 4.78 is 1.20. The molecule has 0 aromatic heterocycles. The normalized spacial score (nSPS) is 12.9. The van der Waals surface area contributed by atoms with Crippen molar-refractivity contribution in [3.05, 3.63) is 22.7 Å². The van der Waals surface area contributed by atoms with Crippen LogP contribution in [0.3, 0.4) is 0 Å². The van der Waals surface area contributed by atoms with Gasteiger partial charge in [0.15, 0.2) is 0 Å². The molecule has 0 aliphatic carbocycles. The van der Waals surface area contributed by atoms with Crippen LogP contribution in [0.1, 0.15) is 33.1 Å². The molecule has 0 atom stereocenters. The van der Waals surface area contributed by atoms with E-state index < -0.39 is 0 Å². The Hall–Kier alpha value is -0.0400. The van der Waals surface area contributed by atoms with Gasteiger partial charge >= 0.3 is 0 Å². The van der Waals surface area contributed by atoms with Crippen molar-refractivity contribution >= 4 is 15.9 Å². The summed E-state index contributed by atoms with van der Waals surface area (Å²) >= 11 is 3.44. The van der Waals surface area contributed by atoms with Gasteiger partial charge in [0.2, 0.25) is 0 Å². The number of hydrogen-bond acceptors (Lipinski definition) is 0. The summed E-state index contributed by atoms with van der Waals surface area (Å²) in [6, 6.07) is 0. The Kier molecular flexibility index (Phi) is 7.04. The molecule has 0 saturated carbocycles. The van der Waals surface area contributed by atoms with Crippen LogP contribution in [0.5, 0.6) is 0 Å². The van der Waals surface area contributed by atoms with E-state index in [2.05, 4.69) is 35.0 Å². The molecule has 1 heteroatoms. The minimum atomic E-state index is 1.18. The average molecular weight is 203 g/mol. The van der Waals surface area contributed by atoms with Gasteiger partial charge in [0.25, 0.3) is 0 Å². The molecule has 0 nitrogen and oxygen atoms in total. The molecule has 0 aliphatic heterocycles. The lowest BCUT2D eigenvalue weighted by molar-refractivity contribution is 0.814. The molecule has 0 rings (SSSR count). The van der Waals surface area contributed by atoms with Crippen LogP contribution in [0.15, 0.2) is 22.7 Å². The smallest absolute Gasteiger partial charge is 0.0132 e. The van der Waals surface area contributed by atoms with Crippen LogP contribution >= 0.6 is 15.9 Å². The van der Waals surface area contributed by atoms with E-state index in [9.17, 15) is 0 Å². The van der Waals surface area contributed by atoms with E-state index in [1.807, 2.05) is 13.0 Å². The molecule has 0 radical (unpaired) electrons. The average Bonchev–Trinajstić information content (AvgIpc) is 1.89. The van der Waals surface area contributed by atoms with Gasteiger partial charge in [0.05, 0.1) is 0 Å². The molecule has 0 heterocycles. The molecule has 0 aromatic rings. The van der Waals surface area contributed by atoms with Gasteiger partial charge in [-0.3, -0.25) is 0 Å². The second-order valence-electron chi connectivity index (χ2n) is 2.23. The minimum Gasteiger partial charge on any atom is -0.0866 e. The molecule has 0 aromatic carbocycles. The van der Waals surface area contributed by atoms with Crippen LogP contribution in [0.25, 0.3) is 0 Å². The summed E-state index contributed by atoms with van der Waals surface area (Å²) in [6.45, 7) is 4.23. The fourth-order valence-electron chi connectivity index (χ4n) is 0.671. The van der Waals surface area contributed by atoms with Gasteiger partial charge in [-0.2, -0.15) is 0 Å². The van der Waals surface area contributed by atoms with Crippen molar-refractivity contribution < 1.29 is 0 Å². The number of allylic oxidation sites excluding steroid dienone is 4. The highest BCUT2D eigenvalue weighted by Crippen LogP contribution is 2.09. The Morgan fingerprint density at radius 2 is 2.20 bits per heavy atom. The molecule has 0 spiro atoms. The van der Waals surface area contributed by atoms with Crippen LogP contribution < -0.4 is 0 Å². The monoisotopic (exact) mass is 202 g/mol. The molecule has 58 valence electrons. The Balaban J connectivity index is 3.47. The quantitative estimate of drug-likeness (QED) is 0.478. The Morgan fingerprint density at radius 1 is 1.50 bits per heavy atom. The van der Waals surface area contributed by atoms with Crippen LogP contribution in [-0.4, -0.2) is 0 Å². The Morgan fingerprint density at radius 3 is 2.70 bits per heavy atom. The maximum Gasteiger partial charge on any atom is 0.0132 e. The largest absolute Gasteiger partial charge is 0.0866 e. The number of halogens is 1. The van der Waals surface area contributed by atoms with E-state index in [0.717, 1.165) is 0 Å². The van der Waals surface area contributed by atoms with Crippen LogP contribution in [0.4, 0.5) is 0 Å². The SMILES string of the molecule is CC=CC(Br)=CCCCC. The first-order valence-corrected chi connectivity index (χ1v) is 4.59. The maximum atomic E-state index is 3.44. The van der Waals surface area contributed by atoms with Crippen molar-refractivity contribution in [2.75, 3.05) is 0 Å². The molecule has 0 fully saturated rings. The van der Waals surface area contributed by atoms with Gasteiger partial charge in [0, 0.05) is 4.48 Å². The Bertz CT molecular complexity index is 123. The molecular weight excluding hydrogens is 188 g/mol. The summed E-state index contributed by atoms with van der Waals surface area (Å²) in [6.07, 6.45) is 10.0. The van der Waals surface area contributed by atoms with Crippen molar-refractivity contribution in [1.29, 1.82) is 0 Å². The van der Waals surface area contributed by atoms with Gasteiger partial charge in [-0.25, -0.2) is 0 Å². The number of hydrogen-bond donors (Lipinski definition) is 0. The second-order valence-corrected chi connectivity index (χ2v) is 3.15. The molecule has 0 amide bonds. The van der Waals surface area contributed by atoms with Gasteiger partial charge in [-0.1, -0.05) is 53.9 Å². The lowest BCUT2D eigenvalue weighted by Gasteiger charge is -1.89. The molecule has 0 N–H and O–H groups in total. The highest BCUT2D eigenvalue weighted by molar-refractivity contribution is 9.11. The highest BCUT2D eigenvalue weighted by atomic mass is 79.9. The van der Waals surface area contributed by atoms with E-state index in [-0.39, 0.29) is 0 Å². The van der Waals surface area contributed by atoms with Crippen molar-refractivity contribution in [2.24, 2.45) is 0 Å². The van der Waals surface area contributed by atoms with Crippen molar-refractivity contribution in [2.45, 2.75) is 33.1 Å². The fraction of sp³-hybridized carbons (Fsp3) is 0.556. The summed E-state index contributed by atoms with van der Waals surface area (Å²) in [5.41, 5.74) is 0. The van der Waals surface area contributed by atoms with Gasteiger partial charge < -0.3 is 0 Å². The summed E-state index contributed by atoms with van der Waals surface area (Å²) in [4.78, 5) is 0. The Labute approximate surface area is 72.1 Å². The van der Waals surface area contributed by atoms with Gasteiger partial charge in [-0.05, 0) is 13.3 Å². The molecular formula is C9H15Br. The number of unbranched alkanes of at least 4 members (excludes halogenated alkanes) is 2. The standard InChI is InChI=1S/C9H15Br/c1-3-5-6-8-9(10)7-4-2/h4,7-8H,3,5-6H2,1-2H3. The van der Waals surface area contributed by atoms with E-state index in [1.54, 1.807) is 0 Å². The molecule has 0 bridgehead atoms. The van der Waals surface area contributed by atoms with E-state index in [0.29, 0.717) is 0 Å². The summed E-state index contributed by atoms with van der Waals surface area (Å²) in [7, 11) is 0. The molecule has 0 saturated heterocycles. The van der Waals surface area contributed by atoms with Gasteiger partial charge in [-0.15, -0.1) is 0 Å². The summed E-state index contributed by atoms with van der Waals surface area (Å²) in [5, 5.41) is 0. The zero-order chi connectivity index (χ0) is 7.82. The predicted octanol–water partition coefficient (Wildman–Crippen LogP) is 4.03. The third-order valence-corrected chi connectivity index (χ3v) is 1.81. The maximum absolute atomic E-state index is 3.44. The lowest BCUT2D eigenvalue weighted by Crippen LogP contribution is -1.68. The first kappa shape index (κ1) is 9.96. The van der Waals surface area contributed by atoms with Gasteiger partial charge in [0.1, 0.15) is 0 Å². The third-order valence-electron chi connectivity index (χ3n) is 1.22. The first-order chi connectivity index (χ1) is 4.81. The highest BCUT2D eigenvalue weighted by Gasteiger charge is 1.82. The van der Waals surface area contributed by atoms with Crippen molar-refractivity contribution in [1.82, 2.24) is 0 Å². The zero-order valence-electron chi connectivity index (χ0n) is 6.73. The summed E-state index contributed by atoms with van der Waals surface area (Å²) in [5.74, 6) is 0. The van der Waals surface area contributed by atoms with Crippen molar-refractivity contribution in [3.63, 3.8) is 0 Å². The van der Waals surface area contributed by atoms with Crippen LogP contribution in [0, 0.1) is 0 Å². The topological polar surface area (TPSA) is 0 Å². The van der Waals surface area contributed by atoms with Crippen LogP contribution in [0.2, 0.25) is 0 Å².